The smallest absolute Gasteiger partial charge is 0.0627 e. The lowest BCUT2D eigenvalue weighted by molar-refractivity contribution is 1.34. The van der Waals surface area contributed by atoms with Gasteiger partial charge in [-0.15, -0.1) is 0 Å². The van der Waals surface area contributed by atoms with Gasteiger partial charge in [-0.3, -0.25) is 5.14 Å². The predicted molar refractivity (Wildman–Crippen MR) is 34.7 cm³/mol. The van der Waals surface area contributed by atoms with Crippen molar-refractivity contribution in [3.05, 3.63) is 0 Å². The van der Waals surface area contributed by atoms with Crippen molar-refractivity contribution in [1.29, 1.82) is 0 Å². The van der Waals surface area contributed by atoms with Gasteiger partial charge in [-0.25, -0.2) is 0 Å². The van der Waals surface area contributed by atoms with Crippen molar-refractivity contribution < 1.29 is 0 Å². The Labute approximate surface area is 47.4 Å². The van der Waals surface area contributed by atoms with Crippen LogP contribution in [-0.2, 0) is 0 Å². The van der Waals surface area contributed by atoms with Crippen LogP contribution in [0.3, 0.4) is 0 Å². The molecule has 0 spiro atoms. The second-order valence-corrected chi connectivity index (χ2v) is 2.32. The summed E-state index contributed by atoms with van der Waals surface area (Å²) < 4.78 is 0.870. The summed E-state index contributed by atoms with van der Waals surface area (Å²) in [5.74, 6) is 0. The lowest BCUT2D eigenvalue weighted by Crippen LogP contribution is -1.87. The van der Waals surface area contributed by atoms with E-state index in [0.29, 0.717) is 0 Å². The van der Waals surface area contributed by atoms with Crippen LogP contribution in [0.5, 0.6) is 0 Å². The molecule has 0 aliphatic rings. The highest BCUT2D eigenvalue weighted by molar-refractivity contribution is 8.21. The highest BCUT2D eigenvalue weighted by Crippen LogP contribution is 1.95. The van der Waals surface area contributed by atoms with Crippen molar-refractivity contribution in [1.82, 2.24) is 0 Å². The molecule has 3 heteroatoms. The molecule has 0 amide bonds. The summed E-state index contributed by atoms with van der Waals surface area (Å²) >= 11 is 5.85. The Hall–Kier alpha value is 0.400. The van der Waals surface area contributed by atoms with Crippen molar-refractivity contribution in [2.75, 3.05) is 0 Å². The van der Waals surface area contributed by atoms with Gasteiger partial charge < -0.3 is 0 Å². The fourth-order valence-corrected chi connectivity index (χ4v) is 0.250. The highest BCUT2D eigenvalue weighted by atomic mass is 32.2. The van der Waals surface area contributed by atoms with Gasteiger partial charge in [0.25, 0.3) is 0 Å². The minimum atomic E-state index is 0.870. The van der Waals surface area contributed by atoms with Crippen LogP contribution in [-0.4, -0.2) is 4.20 Å². The molecule has 0 aliphatic heterocycles. The largest absolute Gasteiger partial charge is 0.273 e. The first kappa shape index (κ1) is 6.40. The predicted octanol–water partition coefficient (Wildman–Crippen LogP) is 1.33. The third kappa shape index (κ3) is 2.63. The van der Waals surface area contributed by atoms with Crippen LogP contribution in [0.15, 0.2) is 0 Å². The maximum atomic E-state index is 5.06. The molecular weight excluding hydrogens is 114 g/mol. The molecule has 0 saturated carbocycles. The third-order valence-electron chi connectivity index (χ3n) is 0.420. The zero-order valence-electron chi connectivity index (χ0n) is 3.60. The van der Waals surface area contributed by atoms with E-state index in [0.717, 1.165) is 22.6 Å². The zero-order valence-corrected chi connectivity index (χ0v) is 5.23. The van der Waals surface area contributed by atoms with Gasteiger partial charge in [-0.2, -0.15) is 0 Å². The zero-order chi connectivity index (χ0) is 4.99. The SMILES string of the molecule is CCC(=S)SN. The number of thiocarbonyl (C=S) groups is 1. The summed E-state index contributed by atoms with van der Waals surface area (Å²) in [6.45, 7) is 1.99. The molecule has 0 rings (SSSR count). The molecule has 0 aliphatic carbocycles. The lowest BCUT2D eigenvalue weighted by Gasteiger charge is -1.85. The quantitative estimate of drug-likeness (QED) is 0.418. The van der Waals surface area contributed by atoms with Gasteiger partial charge in [0.15, 0.2) is 0 Å². The number of nitrogens with two attached hydrogens (primary N) is 1. The fourth-order valence-electron chi connectivity index (χ4n) is 0.0833. The van der Waals surface area contributed by atoms with Crippen molar-refractivity contribution in [3.63, 3.8) is 0 Å². The van der Waals surface area contributed by atoms with E-state index in [-0.39, 0.29) is 0 Å². The molecule has 0 aromatic carbocycles. The van der Waals surface area contributed by atoms with Crippen molar-refractivity contribution in [2.45, 2.75) is 13.3 Å². The van der Waals surface area contributed by atoms with E-state index in [9.17, 15) is 0 Å². The molecule has 0 bridgehead atoms. The second-order valence-electron chi connectivity index (χ2n) is 0.843. The normalized spacial score (nSPS) is 8.33. The molecule has 0 aromatic heterocycles. The van der Waals surface area contributed by atoms with Crippen LogP contribution >= 0.6 is 24.2 Å². The first-order valence-electron chi connectivity index (χ1n) is 1.70. The van der Waals surface area contributed by atoms with Gasteiger partial charge in [-0.05, 0) is 18.4 Å². The maximum Gasteiger partial charge on any atom is 0.0627 e. The average molecular weight is 121 g/mol. The van der Waals surface area contributed by atoms with E-state index < -0.39 is 0 Å². The maximum absolute atomic E-state index is 5.06. The van der Waals surface area contributed by atoms with E-state index >= 15 is 0 Å². The first-order chi connectivity index (χ1) is 2.81. The van der Waals surface area contributed by atoms with Gasteiger partial charge in [0.1, 0.15) is 0 Å². The van der Waals surface area contributed by atoms with Crippen LogP contribution in [0.2, 0.25) is 0 Å². The van der Waals surface area contributed by atoms with Gasteiger partial charge in [-0.1, -0.05) is 19.1 Å². The van der Waals surface area contributed by atoms with Crippen LogP contribution in [0, 0.1) is 0 Å². The molecule has 0 fully saturated rings. The Kier molecular flexibility index (Phi) is 3.82. The minimum absolute atomic E-state index is 0.870. The molecule has 0 saturated heterocycles. The Morgan fingerprint density at radius 1 is 2.00 bits per heavy atom. The molecule has 1 nitrogen and oxygen atoms in total. The van der Waals surface area contributed by atoms with E-state index in [1.165, 1.54) is 0 Å². The Bertz CT molecular complexity index is 46.8. The Morgan fingerprint density at radius 2 is 2.50 bits per heavy atom. The van der Waals surface area contributed by atoms with E-state index in [1.807, 2.05) is 6.92 Å². The summed E-state index contributed by atoms with van der Waals surface area (Å²) in [4.78, 5) is 0. The van der Waals surface area contributed by atoms with Gasteiger partial charge in [0.05, 0.1) is 4.20 Å². The van der Waals surface area contributed by atoms with Crippen molar-refractivity contribution in [3.8, 4) is 0 Å². The number of hydrogen-bond acceptors (Lipinski definition) is 3. The van der Waals surface area contributed by atoms with E-state index in [2.05, 4.69) is 0 Å². The van der Waals surface area contributed by atoms with Crippen LogP contribution in [0.4, 0.5) is 0 Å². The van der Waals surface area contributed by atoms with Crippen LogP contribution in [0.1, 0.15) is 13.3 Å². The van der Waals surface area contributed by atoms with Crippen LogP contribution < -0.4 is 5.14 Å². The van der Waals surface area contributed by atoms with E-state index in [1.54, 1.807) is 0 Å². The monoisotopic (exact) mass is 121 g/mol. The molecular formula is C3H7NS2. The minimum Gasteiger partial charge on any atom is -0.273 e. The second kappa shape index (κ2) is 3.59. The van der Waals surface area contributed by atoms with Crippen molar-refractivity contribution >= 4 is 28.4 Å². The summed E-state index contributed by atoms with van der Waals surface area (Å²) in [7, 11) is 0. The first-order valence-corrected chi connectivity index (χ1v) is 2.99. The number of rotatable bonds is 1. The van der Waals surface area contributed by atoms with Gasteiger partial charge in [0, 0.05) is 0 Å². The molecule has 6 heavy (non-hydrogen) atoms. The summed E-state index contributed by atoms with van der Waals surface area (Å²) in [5.41, 5.74) is 0. The summed E-state index contributed by atoms with van der Waals surface area (Å²) in [6, 6.07) is 0. The molecule has 0 heterocycles. The van der Waals surface area contributed by atoms with Crippen molar-refractivity contribution in [2.24, 2.45) is 5.14 Å². The fraction of sp³-hybridized carbons (Fsp3) is 0.667. The molecule has 0 radical (unpaired) electrons. The summed E-state index contributed by atoms with van der Waals surface area (Å²) in [6.07, 6.45) is 0.899. The molecule has 0 atom stereocenters. The third-order valence-corrected chi connectivity index (χ3v) is 1.55. The molecule has 2 N–H and O–H groups in total. The topological polar surface area (TPSA) is 26.0 Å². The Balaban J connectivity index is 2.99. The standard InChI is InChI=1S/C3H7NS2/c1-2-3(5)6-4/h2,4H2,1H3. The highest BCUT2D eigenvalue weighted by Gasteiger charge is 1.82. The lowest BCUT2D eigenvalue weighted by atomic mass is 10.6. The van der Waals surface area contributed by atoms with Gasteiger partial charge in [0.2, 0.25) is 0 Å². The molecule has 0 aromatic rings. The van der Waals surface area contributed by atoms with E-state index in [4.69, 9.17) is 17.4 Å². The molecule has 36 valence electrons. The summed E-state index contributed by atoms with van der Waals surface area (Å²) in [5, 5.41) is 5.06. The van der Waals surface area contributed by atoms with Crippen LogP contribution in [0.25, 0.3) is 0 Å². The number of hydrogen-bond donors (Lipinski definition) is 1. The Morgan fingerprint density at radius 3 is 2.50 bits per heavy atom. The van der Waals surface area contributed by atoms with Gasteiger partial charge >= 0.3 is 0 Å². The molecule has 0 unspecified atom stereocenters. The average Bonchev–Trinajstić information content (AvgIpc) is 1.65.